The summed E-state index contributed by atoms with van der Waals surface area (Å²) >= 11 is 0. The van der Waals surface area contributed by atoms with Crippen molar-refractivity contribution in [2.75, 3.05) is 6.54 Å². The number of aliphatic carboxylic acids is 1. The Morgan fingerprint density at radius 1 is 1.07 bits per heavy atom. The average Bonchev–Trinajstić information content (AvgIpc) is 2.87. The van der Waals surface area contributed by atoms with Crippen LogP contribution >= 0.6 is 0 Å². The molecule has 0 bridgehead atoms. The van der Waals surface area contributed by atoms with E-state index in [0.717, 1.165) is 14.9 Å². The maximum absolute atomic E-state index is 13.4. The Bertz CT molecular complexity index is 878. The fourth-order valence-electron chi connectivity index (χ4n) is 4.26. The van der Waals surface area contributed by atoms with E-state index < -0.39 is 47.6 Å². The SMILES string of the molecule is CC1CC(=O)N2CCCC(C(=O)[O-])N2C(=O)C1N1C(=O)c2ccccc2C1=O. The molecule has 9 heteroatoms. The molecular weight excluding hydrogens is 366 g/mol. The van der Waals surface area contributed by atoms with Crippen LogP contribution in [0.2, 0.25) is 0 Å². The van der Waals surface area contributed by atoms with E-state index >= 15 is 0 Å². The summed E-state index contributed by atoms with van der Waals surface area (Å²) in [5.74, 6) is -4.52. The van der Waals surface area contributed by atoms with Gasteiger partial charge in [0.25, 0.3) is 17.7 Å². The lowest BCUT2D eigenvalue weighted by atomic mass is 9.95. The quantitative estimate of drug-likeness (QED) is 0.615. The van der Waals surface area contributed by atoms with E-state index in [4.69, 9.17) is 0 Å². The minimum absolute atomic E-state index is 0.0833. The number of fused-ring (bicyclic) bond motifs is 2. The Morgan fingerprint density at radius 3 is 2.25 bits per heavy atom. The lowest BCUT2D eigenvalue weighted by Gasteiger charge is -2.44. The first-order valence-electron chi connectivity index (χ1n) is 9.14. The van der Waals surface area contributed by atoms with Gasteiger partial charge in [0, 0.05) is 13.0 Å². The lowest BCUT2D eigenvalue weighted by molar-refractivity contribution is -0.315. The molecule has 3 unspecified atom stereocenters. The number of amides is 4. The maximum Gasteiger partial charge on any atom is 0.265 e. The number of hydrogen-bond donors (Lipinski definition) is 0. The van der Waals surface area contributed by atoms with Gasteiger partial charge in [-0.1, -0.05) is 19.1 Å². The summed E-state index contributed by atoms with van der Waals surface area (Å²) in [5.41, 5.74) is 0.380. The van der Waals surface area contributed by atoms with Crippen LogP contribution in [0.15, 0.2) is 24.3 Å². The van der Waals surface area contributed by atoms with Crippen LogP contribution in [0.1, 0.15) is 46.9 Å². The van der Waals surface area contributed by atoms with E-state index in [1.165, 1.54) is 12.1 Å². The first-order chi connectivity index (χ1) is 13.3. The molecule has 2 fully saturated rings. The maximum atomic E-state index is 13.4. The zero-order valence-electron chi connectivity index (χ0n) is 15.2. The van der Waals surface area contributed by atoms with Crippen LogP contribution in [-0.4, -0.2) is 63.1 Å². The minimum Gasteiger partial charge on any atom is -0.548 e. The molecule has 4 amide bonds. The molecule has 3 aliphatic heterocycles. The zero-order chi connectivity index (χ0) is 20.2. The molecule has 3 atom stereocenters. The largest absolute Gasteiger partial charge is 0.548 e. The molecule has 0 N–H and O–H groups in total. The van der Waals surface area contributed by atoms with Gasteiger partial charge in [-0.05, 0) is 30.9 Å². The van der Waals surface area contributed by atoms with Crippen molar-refractivity contribution in [2.24, 2.45) is 5.92 Å². The predicted octanol–water partition coefficient (Wildman–Crippen LogP) is -0.824. The molecule has 3 aliphatic rings. The van der Waals surface area contributed by atoms with Crippen molar-refractivity contribution >= 4 is 29.6 Å². The second kappa shape index (κ2) is 6.43. The number of hydrazine groups is 1. The Balaban J connectivity index is 1.78. The van der Waals surface area contributed by atoms with Gasteiger partial charge in [-0.15, -0.1) is 0 Å². The fraction of sp³-hybridized carbons (Fsp3) is 0.421. The average molecular weight is 384 g/mol. The number of imide groups is 1. The van der Waals surface area contributed by atoms with Crippen LogP contribution in [0.5, 0.6) is 0 Å². The first-order valence-corrected chi connectivity index (χ1v) is 9.14. The predicted molar refractivity (Wildman–Crippen MR) is 91.1 cm³/mol. The summed E-state index contributed by atoms with van der Waals surface area (Å²) in [4.78, 5) is 64.2. The van der Waals surface area contributed by atoms with Crippen molar-refractivity contribution in [3.05, 3.63) is 35.4 Å². The molecule has 0 saturated carbocycles. The molecule has 0 aromatic heterocycles. The third kappa shape index (κ3) is 2.49. The molecule has 28 heavy (non-hydrogen) atoms. The van der Waals surface area contributed by atoms with Crippen molar-refractivity contribution in [3.8, 4) is 0 Å². The van der Waals surface area contributed by atoms with Crippen LogP contribution in [-0.2, 0) is 14.4 Å². The molecule has 0 radical (unpaired) electrons. The number of hydrogen-bond acceptors (Lipinski definition) is 6. The van der Waals surface area contributed by atoms with Crippen LogP contribution in [0.25, 0.3) is 0 Å². The molecule has 1 aromatic carbocycles. The van der Waals surface area contributed by atoms with Gasteiger partial charge in [0.05, 0.1) is 23.1 Å². The highest BCUT2D eigenvalue weighted by molar-refractivity contribution is 6.23. The van der Waals surface area contributed by atoms with E-state index in [1.54, 1.807) is 19.1 Å². The van der Waals surface area contributed by atoms with Gasteiger partial charge in [-0.3, -0.25) is 29.1 Å². The summed E-state index contributed by atoms with van der Waals surface area (Å²) in [6, 6.07) is 3.67. The van der Waals surface area contributed by atoms with Crippen LogP contribution in [0.3, 0.4) is 0 Å². The third-order valence-corrected chi connectivity index (χ3v) is 5.58. The fourth-order valence-corrected chi connectivity index (χ4v) is 4.26. The van der Waals surface area contributed by atoms with Crippen LogP contribution < -0.4 is 5.11 Å². The van der Waals surface area contributed by atoms with Gasteiger partial charge < -0.3 is 9.90 Å². The second-order valence-electron chi connectivity index (χ2n) is 7.33. The van der Waals surface area contributed by atoms with Gasteiger partial charge in [-0.2, -0.15) is 0 Å². The Kier molecular flexibility index (Phi) is 4.17. The zero-order valence-corrected chi connectivity index (χ0v) is 15.2. The van der Waals surface area contributed by atoms with Gasteiger partial charge in [0.1, 0.15) is 6.04 Å². The number of benzene rings is 1. The normalized spacial score (nSPS) is 27.6. The van der Waals surface area contributed by atoms with Crippen molar-refractivity contribution in [1.29, 1.82) is 0 Å². The molecule has 4 rings (SSSR count). The van der Waals surface area contributed by atoms with E-state index in [0.29, 0.717) is 6.42 Å². The number of nitrogens with zero attached hydrogens (tertiary/aromatic N) is 3. The Morgan fingerprint density at radius 2 is 1.68 bits per heavy atom. The third-order valence-electron chi connectivity index (χ3n) is 5.58. The highest BCUT2D eigenvalue weighted by atomic mass is 16.4. The number of rotatable bonds is 2. The van der Waals surface area contributed by atoms with Gasteiger partial charge >= 0.3 is 0 Å². The van der Waals surface area contributed by atoms with Crippen molar-refractivity contribution < 1.29 is 29.1 Å². The molecule has 0 spiro atoms. The summed E-state index contributed by atoms with van der Waals surface area (Å²) in [5, 5.41) is 13.6. The summed E-state index contributed by atoms with van der Waals surface area (Å²) in [7, 11) is 0. The molecule has 9 nitrogen and oxygen atoms in total. The number of carbonyl (C=O) groups is 5. The molecule has 2 saturated heterocycles. The van der Waals surface area contributed by atoms with Gasteiger partial charge in [0.2, 0.25) is 5.91 Å². The van der Waals surface area contributed by atoms with E-state index in [-0.39, 0.29) is 30.5 Å². The smallest absolute Gasteiger partial charge is 0.265 e. The van der Waals surface area contributed by atoms with Crippen LogP contribution in [0, 0.1) is 5.92 Å². The van der Waals surface area contributed by atoms with E-state index in [9.17, 15) is 29.1 Å². The number of carboxylic acid groups (broad SMARTS) is 1. The van der Waals surface area contributed by atoms with E-state index in [2.05, 4.69) is 0 Å². The summed E-state index contributed by atoms with van der Waals surface area (Å²) < 4.78 is 0. The van der Waals surface area contributed by atoms with Crippen molar-refractivity contribution in [3.63, 3.8) is 0 Å². The monoisotopic (exact) mass is 384 g/mol. The molecule has 0 aliphatic carbocycles. The minimum atomic E-state index is -1.47. The Labute approximate surface area is 160 Å². The second-order valence-corrected chi connectivity index (χ2v) is 7.33. The molecule has 3 heterocycles. The Hall–Kier alpha value is -3.23. The summed E-state index contributed by atoms with van der Waals surface area (Å²) in [6.07, 6.45) is 0.474. The number of carboxylic acids is 1. The van der Waals surface area contributed by atoms with Crippen LogP contribution in [0.4, 0.5) is 0 Å². The lowest BCUT2D eigenvalue weighted by Crippen LogP contribution is -2.64. The van der Waals surface area contributed by atoms with Gasteiger partial charge in [-0.25, -0.2) is 5.01 Å². The van der Waals surface area contributed by atoms with Crippen molar-refractivity contribution in [2.45, 2.75) is 38.3 Å². The molecule has 1 aromatic rings. The van der Waals surface area contributed by atoms with Gasteiger partial charge in [0.15, 0.2) is 0 Å². The highest BCUT2D eigenvalue weighted by Crippen LogP contribution is 2.33. The highest BCUT2D eigenvalue weighted by Gasteiger charge is 2.51. The van der Waals surface area contributed by atoms with Crippen molar-refractivity contribution in [1.82, 2.24) is 14.9 Å². The topological polar surface area (TPSA) is 118 Å². The first kappa shape index (κ1) is 18.1. The van der Waals surface area contributed by atoms with E-state index in [1.807, 2.05) is 0 Å². The number of carbonyl (C=O) groups excluding carboxylic acids is 5. The standard InChI is InChI=1S/C19H19N3O6/c1-10-9-14(23)20-8-4-7-13(19(27)28)22(20)18(26)15(10)21-16(24)11-5-2-3-6-12(11)17(21)25/h2-3,5-6,10,13,15H,4,7-9H2,1H3,(H,27,28)/p-1. The molecular formula is C19H18N3O6-. The summed E-state index contributed by atoms with van der Waals surface area (Å²) in [6.45, 7) is 1.81. The molecule has 146 valence electrons.